The summed E-state index contributed by atoms with van der Waals surface area (Å²) in [5.74, 6) is -0.995. The Balaban J connectivity index is 0.00000210. The van der Waals surface area contributed by atoms with Gasteiger partial charge < -0.3 is 15.3 Å². The van der Waals surface area contributed by atoms with Crippen molar-refractivity contribution in [1.29, 1.82) is 0 Å². The topological polar surface area (TPSA) is 112 Å². The molecular weight excluding hydrogens is 372 g/mol. The quantitative estimate of drug-likeness (QED) is 0.619. The third kappa shape index (κ3) is 3.44. The summed E-state index contributed by atoms with van der Waals surface area (Å²) in [7, 11) is 0. The molecule has 3 aliphatic rings. The lowest BCUT2D eigenvalue weighted by Gasteiger charge is -2.35. The molecule has 8 nitrogen and oxygen atoms in total. The van der Waals surface area contributed by atoms with E-state index in [0.717, 1.165) is 0 Å². The first-order valence-corrected chi connectivity index (χ1v) is 8.98. The fraction of sp³-hybridized carbons (Fsp3) is 0.556. The minimum atomic E-state index is -1.01. The van der Waals surface area contributed by atoms with Crippen LogP contribution in [0.1, 0.15) is 54.4 Å². The summed E-state index contributed by atoms with van der Waals surface area (Å²) in [5.41, 5.74) is 0.605. The van der Waals surface area contributed by atoms with E-state index in [4.69, 9.17) is 0 Å². The van der Waals surface area contributed by atoms with Gasteiger partial charge >= 0.3 is 0 Å². The van der Waals surface area contributed by atoms with Gasteiger partial charge in [0.1, 0.15) is 11.6 Å². The minimum Gasteiger partial charge on any atom is -0.383 e. The van der Waals surface area contributed by atoms with Crippen molar-refractivity contribution in [3.05, 3.63) is 29.1 Å². The molecule has 1 aromatic rings. The third-order valence-electron chi connectivity index (χ3n) is 5.52. The number of halogens is 1. The Morgan fingerprint density at radius 1 is 1.30 bits per heavy atom. The summed E-state index contributed by atoms with van der Waals surface area (Å²) < 4.78 is 0. The SMILES string of the molecule is CC1CC(O)(c2ccc3c(n2)CN(C2CCC(=O)NC2=O)C3=O)CCN1.Cl. The number of carbonyl (C=O) groups is 3. The fourth-order valence-corrected chi connectivity index (χ4v) is 4.13. The number of rotatable bonds is 2. The molecular formula is C18H23ClN4O4. The first-order chi connectivity index (χ1) is 12.4. The van der Waals surface area contributed by atoms with Gasteiger partial charge in [0.2, 0.25) is 11.8 Å². The van der Waals surface area contributed by atoms with Crippen molar-refractivity contribution >= 4 is 30.1 Å². The predicted octanol–water partition coefficient (Wildman–Crippen LogP) is 0.224. The van der Waals surface area contributed by atoms with Crippen molar-refractivity contribution in [1.82, 2.24) is 20.5 Å². The highest BCUT2D eigenvalue weighted by Crippen LogP contribution is 2.34. The molecule has 3 aliphatic heterocycles. The number of amides is 3. The maximum absolute atomic E-state index is 12.7. The zero-order chi connectivity index (χ0) is 18.5. The van der Waals surface area contributed by atoms with Crippen LogP contribution in [0.4, 0.5) is 0 Å². The van der Waals surface area contributed by atoms with Crippen molar-refractivity contribution < 1.29 is 19.5 Å². The van der Waals surface area contributed by atoms with Crippen LogP contribution < -0.4 is 10.6 Å². The average molecular weight is 395 g/mol. The summed E-state index contributed by atoms with van der Waals surface area (Å²) in [6, 6.07) is 2.93. The van der Waals surface area contributed by atoms with E-state index in [1.807, 2.05) is 6.92 Å². The molecule has 3 amide bonds. The number of pyridine rings is 1. The van der Waals surface area contributed by atoms with Crippen LogP contribution >= 0.6 is 12.4 Å². The van der Waals surface area contributed by atoms with E-state index >= 15 is 0 Å². The van der Waals surface area contributed by atoms with E-state index in [0.29, 0.717) is 42.8 Å². The van der Waals surface area contributed by atoms with Gasteiger partial charge in [0.25, 0.3) is 5.91 Å². The molecule has 3 unspecified atom stereocenters. The molecule has 0 aromatic carbocycles. The average Bonchev–Trinajstić information content (AvgIpc) is 2.91. The highest BCUT2D eigenvalue weighted by Gasteiger charge is 2.41. The lowest BCUT2D eigenvalue weighted by molar-refractivity contribution is -0.136. The Labute approximate surface area is 163 Å². The molecule has 3 N–H and O–H groups in total. The van der Waals surface area contributed by atoms with Crippen molar-refractivity contribution in [2.24, 2.45) is 0 Å². The number of fused-ring (bicyclic) bond motifs is 1. The van der Waals surface area contributed by atoms with Crippen LogP contribution in [0.15, 0.2) is 12.1 Å². The van der Waals surface area contributed by atoms with Gasteiger partial charge in [-0.15, -0.1) is 12.4 Å². The van der Waals surface area contributed by atoms with E-state index in [2.05, 4.69) is 15.6 Å². The third-order valence-corrected chi connectivity index (χ3v) is 5.52. The first-order valence-electron chi connectivity index (χ1n) is 8.98. The lowest BCUT2D eigenvalue weighted by atomic mass is 9.85. The summed E-state index contributed by atoms with van der Waals surface area (Å²) >= 11 is 0. The maximum Gasteiger partial charge on any atom is 0.256 e. The molecule has 2 fully saturated rings. The Morgan fingerprint density at radius 2 is 2.07 bits per heavy atom. The van der Waals surface area contributed by atoms with Crippen LogP contribution in [0.2, 0.25) is 0 Å². The smallest absolute Gasteiger partial charge is 0.256 e. The van der Waals surface area contributed by atoms with E-state index in [9.17, 15) is 19.5 Å². The molecule has 4 rings (SSSR count). The van der Waals surface area contributed by atoms with Gasteiger partial charge in [0.15, 0.2) is 0 Å². The molecule has 27 heavy (non-hydrogen) atoms. The Kier molecular flexibility index (Phi) is 5.24. The monoisotopic (exact) mass is 394 g/mol. The highest BCUT2D eigenvalue weighted by molar-refractivity contribution is 6.05. The second-order valence-electron chi connectivity index (χ2n) is 7.43. The molecule has 1 aromatic heterocycles. The Bertz CT molecular complexity index is 802. The van der Waals surface area contributed by atoms with E-state index < -0.39 is 17.6 Å². The van der Waals surface area contributed by atoms with Crippen LogP contribution in [-0.4, -0.2) is 51.3 Å². The van der Waals surface area contributed by atoms with Crippen LogP contribution in [0.3, 0.4) is 0 Å². The van der Waals surface area contributed by atoms with Gasteiger partial charge in [-0.05, 0) is 44.9 Å². The van der Waals surface area contributed by atoms with Crippen LogP contribution in [0.5, 0.6) is 0 Å². The number of imide groups is 1. The Morgan fingerprint density at radius 3 is 2.78 bits per heavy atom. The summed E-state index contributed by atoms with van der Waals surface area (Å²) in [4.78, 5) is 42.2. The minimum absolute atomic E-state index is 0. The highest BCUT2D eigenvalue weighted by atomic mass is 35.5. The normalized spacial score (nSPS) is 30.6. The van der Waals surface area contributed by atoms with Crippen molar-refractivity contribution in [3.63, 3.8) is 0 Å². The zero-order valence-corrected chi connectivity index (χ0v) is 15.8. The summed E-state index contributed by atoms with van der Waals surface area (Å²) in [6.07, 6.45) is 1.67. The van der Waals surface area contributed by atoms with Gasteiger partial charge in [-0.25, -0.2) is 0 Å². The van der Waals surface area contributed by atoms with Gasteiger partial charge in [-0.2, -0.15) is 0 Å². The summed E-state index contributed by atoms with van der Waals surface area (Å²) in [5, 5.41) is 16.6. The second-order valence-corrected chi connectivity index (χ2v) is 7.43. The fourth-order valence-electron chi connectivity index (χ4n) is 4.13. The van der Waals surface area contributed by atoms with Gasteiger partial charge in [0.05, 0.1) is 23.5 Å². The van der Waals surface area contributed by atoms with E-state index in [-0.39, 0.29) is 43.2 Å². The largest absolute Gasteiger partial charge is 0.383 e. The number of aromatic nitrogens is 1. The number of aliphatic hydroxyl groups is 1. The molecule has 0 aliphatic carbocycles. The van der Waals surface area contributed by atoms with Gasteiger partial charge in [-0.1, -0.05) is 0 Å². The van der Waals surface area contributed by atoms with Crippen molar-refractivity contribution in [2.45, 2.75) is 56.8 Å². The Hall–Kier alpha value is -2.03. The molecule has 0 radical (unpaired) electrons. The van der Waals surface area contributed by atoms with Crippen molar-refractivity contribution in [2.75, 3.05) is 6.54 Å². The second kappa shape index (κ2) is 7.18. The number of carbonyl (C=O) groups excluding carboxylic acids is 3. The molecule has 0 bridgehead atoms. The van der Waals surface area contributed by atoms with Crippen LogP contribution in [0.25, 0.3) is 0 Å². The molecule has 2 saturated heterocycles. The van der Waals surface area contributed by atoms with E-state index in [1.54, 1.807) is 12.1 Å². The number of hydrogen-bond acceptors (Lipinski definition) is 6. The zero-order valence-electron chi connectivity index (χ0n) is 15.0. The van der Waals surface area contributed by atoms with Crippen molar-refractivity contribution in [3.8, 4) is 0 Å². The molecule has 3 atom stereocenters. The van der Waals surface area contributed by atoms with E-state index in [1.165, 1.54) is 4.90 Å². The summed E-state index contributed by atoms with van der Waals surface area (Å²) in [6.45, 7) is 2.95. The lowest BCUT2D eigenvalue weighted by Crippen LogP contribution is -2.52. The first kappa shape index (κ1) is 19.7. The molecule has 146 valence electrons. The molecule has 0 spiro atoms. The van der Waals surface area contributed by atoms with Gasteiger partial charge in [-0.3, -0.25) is 24.7 Å². The molecule has 9 heteroatoms. The standard InChI is InChI=1S/C18H22N4O4.ClH/c1-10-8-18(26,6-7-19-10)14-4-2-11-12(20-14)9-22(17(11)25)13-3-5-15(23)21-16(13)24;/h2,4,10,13,19,26H,3,5-9H2,1H3,(H,21,23,24);1H. The number of piperidine rings is 2. The number of nitrogens with zero attached hydrogens (tertiary/aromatic N) is 2. The van der Waals surface area contributed by atoms with Crippen LogP contribution in [-0.2, 0) is 21.7 Å². The molecule has 4 heterocycles. The molecule has 0 saturated carbocycles. The van der Waals surface area contributed by atoms with Gasteiger partial charge in [0, 0.05) is 12.5 Å². The maximum atomic E-state index is 12.7. The number of hydrogen-bond donors (Lipinski definition) is 3. The van der Waals surface area contributed by atoms with Crippen LogP contribution in [0, 0.1) is 0 Å². The predicted molar refractivity (Wildman–Crippen MR) is 98.1 cm³/mol. The number of nitrogens with one attached hydrogen (secondary N) is 2.